The highest BCUT2D eigenvalue weighted by Gasteiger charge is 2.19. The predicted molar refractivity (Wildman–Crippen MR) is 189 cm³/mol. The van der Waals surface area contributed by atoms with Gasteiger partial charge in [0.25, 0.3) is 0 Å². The van der Waals surface area contributed by atoms with E-state index in [4.69, 9.17) is 28.8 Å². The van der Waals surface area contributed by atoms with Gasteiger partial charge in [-0.3, -0.25) is 0 Å². The van der Waals surface area contributed by atoms with Crippen LogP contribution in [0.4, 0.5) is 0 Å². The first-order valence-corrected chi connectivity index (χ1v) is 16.1. The van der Waals surface area contributed by atoms with Crippen LogP contribution in [-0.2, 0) is 0 Å². The largest absolute Gasteiger partial charge is 0.456 e. The maximum atomic E-state index is 6.22. The van der Waals surface area contributed by atoms with Gasteiger partial charge in [-0.05, 0) is 42.5 Å². The van der Waals surface area contributed by atoms with Crippen molar-refractivity contribution in [1.82, 2.24) is 19.9 Å². The SMILES string of the molecule is c1ccc(-c2nc(-c3ccc4c(c3)oc3ccccc34)nc(-c3cccc4sc5cc6oc(-c7ccccc7)nc6cc5c34)n2)cc1. The summed E-state index contributed by atoms with van der Waals surface area (Å²) < 4.78 is 14.7. The molecule has 0 saturated heterocycles. The maximum absolute atomic E-state index is 6.22. The van der Waals surface area contributed by atoms with Crippen LogP contribution in [0, 0.1) is 0 Å². The summed E-state index contributed by atoms with van der Waals surface area (Å²) in [5.74, 6) is 2.41. The van der Waals surface area contributed by atoms with Crippen molar-refractivity contribution in [2.24, 2.45) is 0 Å². The molecule has 0 atom stereocenters. The van der Waals surface area contributed by atoms with Crippen molar-refractivity contribution >= 4 is 64.5 Å². The summed E-state index contributed by atoms with van der Waals surface area (Å²) in [6.45, 7) is 0. The maximum Gasteiger partial charge on any atom is 0.227 e. The van der Waals surface area contributed by atoms with Crippen molar-refractivity contribution in [3.8, 4) is 45.6 Å². The van der Waals surface area contributed by atoms with Crippen LogP contribution in [0.1, 0.15) is 0 Å². The highest BCUT2D eigenvalue weighted by atomic mass is 32.1. The van der Waals surface area contributed by atoms with Gasteiger partial charge < -0.3 is 8.83 Å². The van der Waals surface area contributed by atoms with Crippen LogP contribution < -0.4 is 0 Å². The van der Waals surface area contributed by atoms with E-state index in [9.17, 15) is 0 Å². The van der Waals surface area contributed by atoms with Crippen molar-refractivity contribution in [3.63, 3.8) is 0 Å². The van der Waals surface area contributed by atoms with E-state index in [-0.39, 0.29) is 0 Å². The van der Waals surface area contributed by atoms with Gasteiger partial charge in [0.1, 0.15) is 16.7 Å². The molecule has 6 nitrogen and oxygen atoms in total. The highest BCUT2D eigenvalue weighted by Crippen LogP contribution is 2.42. The first-order chi connectivity index (χ1) is 23.2. The highest BCUT2D eigenvalue weighted by molar-refractivity contribution is 7.26. The summed E-state index contributed by atoms with van der Waals surface area (Å²) in [6.07, 6.45) is 0. The van der Waals surface area contributed by atoms with Gasteiger partial charge in [0.15, 0.2) is 23.1 Å². The van der Waals surface area contributed by atoms with Gasteiger partial charge in [-0.15, -0.1) is 11.3 Å². The number of fused-ring (bicyclic) bond motifs is 7. The normalized spacial score (nSPS) is 11.8. The third kappa shape index (κ3) is 4.25. The van der Waals surface area contributed by atoms with E-state index in [0.717, 1.165) is 75.5 Å². The summed E-state index contributed by atoms with van der Waals surface area (Å²) in [4.78, 5) is 20.0. The number of benzene rings is 6. The Morgan fingerprint density at radius 1 is 0.426 bits per heavy atom. The van der Waals surface area contributed by atoms with Crippen LogP contribution in [-0.4, -0.2) is 19.9 Å². The summed E-state index contributed by atoms with van der Waals surface area (Å²) in [5, 5.41) is 4.32. The number of thiophene rings is 1. The van der Waals surface area contributed by atoms with Gasteiger partial charge in [0.2, 0.25) is 5.89 Å². The third-order valence-electron chi connectivity index (χ3n) is 8.57. The topological polar surface area (TPSA) is 77.8 Å². The molecule has 4 heterocycles. The molecule has 6 aromatic carbocycles. The van der Waals surface area contributed by atoms with Crippen molar-refractivity contribution in [2.75, 3.05) is 0 Å². The molecule has 0 unspecified atom stereocenters. The zero-order valence-electron chi connectivity index (χ0n) is 24.7. The van der Waals surface area contributed by atoms with E-state index in [1.54, 1.807) is 11.3 Å². The van der Waals surface area contributed by atoms with Crippen LogP contribution >= 0.6 is 11.3 Å². The fourth-order valence-corrected chi connectivity index (χ4v) is 7.49. The van der Waals surface area contributed by atoms with Crippen LogP contribution in [0.25, 0.3) is 98.8 Å². The number of hydrogen-bond acceptors (Lipinski definition) is 7. The van der Waals surface area contributed by atoms with Crippen molar-refractivity contribution in [1.29, 1.82) is 0 Å². The first kappa shape index (κ1) is 26.1. The number of nitrogens with zero attached hydrogens (tertiary/aromatic N) is 4. The minimum absolute atomic E-state index is 0.583. The molecule has 0 radical (unpaired) electrons. The third-order valence-corrected chi connectivity index (χ3v) is 9.69. The minimum Gasteiger partial charge on any atom is -0.456 e. The van der Waals surface area contributed by atoms with Crippen LogP contribution in [0.3, 0.4) is 0 Å². The Kier molecular flexibility index (Phi) is 5.64. The van der Waals surface area contributed by atoms with E-state index in [1.165, 1.54) is 0 Å². The van der Waals surface area contributed by atoms with Gasteiger partial charge in [-0.1, -0.05) is 84.9 Å². The lowest BCUT2D eigenvalue weighted by Crippen LogP contribution is -2.00. The Balaban J connectivity index is 1.19. The average Bonchev–Trinajstić information content (AvgIpc) is 3.83. The van der Waals surface area contributed by atoms with E-state index in [2.05, 4.69) is 48.5 Å². The van der Waals surface area contributed by atoms with Crippen molar-refractivity contribution in [3.05, 3.63) is 133 Å². The molecule has 0 N–H and O–H groups in total. The molecule has 10 rings (SSSR count). The summed E-state index contributed by atoms with van der Waals surface area (Å²) in [5.41, 5.74) is 6.89. The lowest BCUT2D eigenvalue weighted by molar-refractivity contribution is 0.620. The molecular weight excluding hydrogens is 601 g/mol. The molecular formula is C40H22N4O2S. The fraction of sp³-hybridized carbons (Fsp3) is 0. The van der Waals surface area contributed by atoms with Crippen LogP contribution in [0.2, 0.25) is 0 Å². The number of hydrogen-bond donors (Lipinski definition) is 0. The van der Waals surface area contributed by atoms with Gasteiger partial charge in [0.05, 0.1) is 0 Å². The van der Waals surface area contributed by atoms with Crippen LogP contribution in [0.5, 0.6) is 0 Å². The Hall–Kier alpha value is -6.18. The van der Waals surface area contributed by atoms with Gasteiger partial charge in [-0.2, -0.15) is 0 Å². The molecule has 0 spiro atoms. The smallest absolute Gasteiger partial charge is 0.227 e. The van der Waals surface area contributed by atoms with E-state index in [1.807, 2.05) is 84.9 Å². The molecule has 10 aromatic rings. The lowest BCUT2D eigenvalue weighted by Gasteiger charge is -2.09. The zero-order chi connectivity index (χ0) is 30.9. The quantitative estimate of drug-likeness (QED) is 0.194. The molecule has 220 valence electrons. The number of furan rings is 1. The summed E-state index contributed by atoms with van der Waals surface area (Å²) >= 11 is 1.72. The first-order valence-electron chi connectivity index (χ1n) is 15.3. The second kappa shape index (κ2) is 10.2. The molecule has 4 aromatic heterocycles. The molecule has 0 bridgehead atoms. The van der Waals surface area contributed by atoms with Crippen LogP contribution in [0.15, 0.2) is 142 Å². The predicted octanol–water partition coefficient (Wildman–Crippen LogP) is 10.9. The number of oxazole rings is 1. The minimum atomic E-state index is 0.583. The van der Waals surface area contributed by atoms with Crippen molar-refractivity contribution in [2.45, 2.75) is 0 Å². The molecule has 0 amide bonds. The van der Waals surface area contributed by atoms with E-state index in [0.29, 0.717) is 23.4 Å². The molecule has 0 fully saturated rings. The lowest BCUT2D eigenvalue weighted by atomic mass is 10.0. The Labute approximate surface area is 271 Å². The molecule has 47 heavy (non-hydrogen) atoms. The van der Waals surface area contributed by atoms with Gasteiger partial charge in [0, 0.05) is 59.3 Å². The Bertz CT molecular complexity index is 2800. The van der Waals surface area contributed by atoms with Gasteiger partial charge in [-0.25, -0.2) is 19.9 Å². The summed E-state index contributed by atoms with van der Waals surface area (Å²) in [6, 6.07) is 44.8. The second-order valence-electron chi connectivity index (χ2n) is 11.5. The zero-order valence-corrected chi connectivity index (χ0v) is 25.5. The summed E-state index contributed by atoms with van der Waals surface area (Å²) in [7, 11) is 0. The standard InChI is InChI=1S/C40H22N4O2S/c1-3-10-23(11-4-1)37-42-38(25-18-19-27-26-14-7-8-16-31(26)45-32(27)20-25)44-39(43-37)28-15-9-17-34-36(28)29-21-30-33(22-35(29)47-34)46-40(41-30)24-12-5-2-6-13-24/h1-22H. The second-order valence-corrected chi connectivity index (χ2v) is 12.5. The number of rotatable bonds is 4. The molecule has 0 saturated carbocycles. The molecule has 0 aliphatic carbocycles. The van der Waals surface area contributed by atoms with E-state index < -0.39 is 0 Å². The van der Waals surface area contributed by atoms with Gasteiger partial charge >= 0.3 is 0 Å². The number of aromatic nitrogens is 4. The van der Waals surface area contributed by atoms with Crippen molar-refractivity contribution < 1.29 is 8.83 Å². The fourth-order valence-electron chi connectivity index (χ4n) is 6.34. The number of para-hydroxylation sites is 1. The monoisotopic (exact) mass is 622 g/mol. The average molecular weight is 623 g/mol. The Morgan fingerprint density at radius 3 is 2.00 bits per heavy atom. The van der Waals surface area contributed by atoms with E-state index >= 15 is 0 Å². The Morgan fingerprint density at radius 2 is 1.15 bits per heavy atom. The molecule has 0 aliphatic heterocycles. The molecule has 7 heteroatoms. The molecule has 0 aliphatic rings.